The molecule has 3 nitrogen and oxygen atoms in total. The average molecular weight is 344 g/mol. The Morgan fingerprint density at radius 1 is 1.47 bits per heavy atom. The summed E-state index contributed by atoms with van der Waals surface area (Å²) in [4.78, 5) is 11.9. The van der Waals surface area contributed by atoms with Gasteiger partial charge in [-0.15, -0.1) is 0 Å². The molecule has 19 heavy (non-hydrogen) atoms. The van der Waals surface area contributed by atoms with Crippen molar-refractivity contribution in [2.24, 2.45) is 0 Å². The van der Waals surface area contributed by atoms with Crippen LogP contribution in [0.15, 0.2) is 34.3 Å². The van der Waals surface area contributed by atoms with Gasteiger partial charge in [-0.25, -0.2) is 0 Å². The summed E-state index contributed by atoms with van der Waals surface area (Å²) in [7, 11) is 0. The van der Waals surface area contributed by atoms with E-state index in [0.717, 1.165) is 30.4 Å². The van der Waals surface area contributed by atoms with E-state index in [-0.39, 0.29) is 5.91 Å². The largest absolute Gasteiger partial charge is 0.352 e. The molecule has 1 aliphatic rings. The number of amides is 1. The Balaban J connectivity index is 1.83. The summed E-state index contributed by atoms with van der Waals surface area (Å²) in [6.07, 6.45) is 4.19. The van der Waals surface area contributed by atoms with Gasteiger partial charge in [0.2, 0.25) is 0 Å². The third-order valence-corrected chi connectivity index (χ3v) is 4.29. The maximum atomic E-state index is 11.9. The Morgan fingerprint density at radius 3 is 3.00 bits per heavy atom. The number of carbonyl (C=O) groups is 1. The maximum absolute atomic E-state index is 11.9. The van der Waals surface area contributed by atoms with Crippen molar-refractivity contribution < 1.29 is 4.79 Å². The summed E-state index contributed by atoms with van der Waals surface area (Å²) >= 11 is 9.22. The Labute approximate surface area is 126 Å². The van der Waals surface area contributed by atoms with Gasteiger partial charge in [-0.3, -0.25) is 4.79 Å². The summed E-state index contributed by atoms with van der Waals surface area (Å²) in [5, 5.41) is 6.81. The minimum absolute atomic E-state index is 0.0631. The van der Waals surface area contributed by atoms with Gasteiger partial charge in [0.15, 0.2) is 0 Å². The van der Waals surface area contributed by atoms with Crippen LogP contribution < -0.4 is 10.6 Å². The Morgan fingerprint density at radius 2 is 2.32 bits per heavy atom. The number of halogens is 2. The molecule has 1 aromatic carbocycles. The molecule has 0 saturated carbocycles. The van der Waals surface area contributed by atoms with Crippen LogP contribution in [0.5, 0.6) is 0 Å². The average Bonchev–Trinajstić information content (AvgIpc) is 2.43. The zero-order valence-electron chi connectivity index (χ0n) is 10.5. The highest BCUT2D eigenvalue weighted by atomic mass is 79.9. The molecule has 1 aromatic rings. The fraction of sp³-hybridized carbons (Fsp3) is 0.357. The second-order valence-corrected chi connectivity index (χ2v) is 5.71. The van der Waals surface area contributed by atoms with Crippen LogP contribution in [0.1, 0.15) is 23.2 Å². The molecule has 0 unspecified atom stereocenters. The molecule has 0 spiro atoms. The maximum Gasteiger partial charge on any atom is 0.251 e. The molecule has 0 fully saturated rings. The minimum Gasteiger partial charge on any atom is -0.352 e. The van der Waals surface area contributed by atoms with Gasteiger partial charge >= 0.3 is 0 Å². The molecule has 0 radical (unpaired) electrons. The van der Waals surface area contributed by atoms with E-state index in [9.17, 15) is 4.79 Å². The van der Waals surface area contributed by atoms with Crippen LogP contribution in [0.25, 0.3) is 0 Å². The number of benzene rings is 1. The molecular formula is C14H16BrClN2O. The zero-order valence-corrected chi connectivity index (χ0v) is 12.9. The molecule has 5 heteroatoms. The van der Waals surface area contributed by atoms with Crippen molar-refractivity contribution in [3.8, 4) is 0 Å². The third-order valence-electron chi connectivity index (χ3n) is 3.07. The molecule has 0 aliphatic carbocycles. The van der Waals surface area contributed by atoms with Crippen molar-refractivity contribution in [3.05, 3.63) is 44.9 Å². The van der Waals surface area contributed by atoms with Gasteiger partial charge in [0.1, 0.15) is 0 Å². The van der Waals surface area contributed by atoms with E-state index < -0.39 is 0 Å². The quantitative estimate of drug-likeness (QED) is 0.825. The fourth-order valence-electron chi connectivity index (χ4n) is 1.97. The molecule has 0 bridgehead atoms. The van der Waals surface area contributed by atoms with Crippen LogP contribution in [0.4, 0.5) is 0 Å². The monoisotopic (exact) mass is 342 g/mol. The van der Waals surface area contributed by atoms with Crippen molar-refractivity contribution in [1.29, 1.82) is 0 Å². The van der Waals surface area contributed by atoms with Gasteiger partial charge in [0, 0.05) is 23.1 Å². The minimum atomic E-state index is -0.0631. The predicted octanol–water partition coefficient (Wildman–Crippen LogP) is 3.14. The SMILES string of the molecule is O=C(NCCC1=CCNCC1)c1ccc(Cl)c(Br)c1. The molecule has 1 amide bonds. The zero-order chi connectivity index (χ0) is 13.7. The molecule has 0 aromatic heterocycles. The van der Waals surface area contributed by atoms with Crippen molar-refractivity contribution in [1.82, 2.24) is 10.6 Å². The van der Waals surface area contributed by atoms with E-state index in [1.165, 1.54) is 5.57 Å². The first-order chi connectivity index (χ1) is 9.16. The normalized spacial score (nSPS) is 14.9. The van der Waals surface area contributed by atoms with Crippen molar-refractivity contribution in [2.45, 2.75) is 12.8 Å². The standard InChI is InChI=1S/C14H16BrClN2O/c15-12-9-11(1-2-13(12)16)14(19)18-8-5-10-3-6-17-7-4-10/h1-3,9,17H,4-8H2,(H,18,19). The number of nitrogens with one attached hydrogen (secondary N) is 2. The molecule has 1 aliphatic heterocycles. The molecule has 102 valence electrons. The smallest absolute Gasteiger partial charge is 0.251 e. The lowest BCUT2D eigenvalue weighted by molar-refractivity contribution is 0.0954. The van der Waals surface area contributed by atoms with E-state index in [1.807, 2.05) is 0 Å². The highest BCUT2D eigenvalue weighted by Gasteiger charge is 2.08. The number of hydrogen-bond donors (Lipinski definition) is 2. The molecule has 2 rings (SSSR count). The highest BCUT2D eigenvalue weighted by molar-refractivity contribution is 9.10. The van der Waals surface area contributed by atoms with E-state index in [0.29, 0.717) is 17.1 Å². The fourth-order valence-corrected chi connectivity index (χ4v) is 2.47. The predicted molar refractivity (Wildman–Crippen MR) is 81.7 cm³/mol. The summed E-state index contributed by atoms with van der Waals surface area (Å²) in [6, 6.07) is 5.18. The van der Waals surface area contributed by atoms with Gasteiger partial charge in [0.05, 0.1) is 5.02 Å². The lowest BCUT2D eigenvalue weighted by Crippen LogP contribution is -2.26. The topological polar surface area (TPSA) is 41.1 Å². The van der Waals surface area contributed by atoms with E-state index in [4.69, 9.17) is 11.6 Å². The molecule has 2 N–H and O–H groups in total. The number of carbonyl (C=O) groups excluding carboxylic acids is 1. The van der Waals surface area contributed by atoms with Crippen LogP contribution >= 0.6 is 27.5 Å². The summed E-state index contributed by atoms with van der Waals surface area (Å²) in [6.45, 7) is 2.64. The second-order valence-electron chi connectivity index (χ2n) is 4.45. The van der Waals surface area contributed by atoms with E-state index in [2.05, 4.69) is 32.6 Å². The lowest BCUT2D eigenvalue weighted by atomic mass is 10.1. The first kappa shape index (κ1) is 14.6. The Kier molecular flexibility index (Phi) is 5.43. The Bertz CT molecular complexity index is 502. The lowest BCUT2D eigenvalue weighted by Gasteiger charge is -2.14. The van der Waals surface area contributed by atoms with Crippen molar-refractivity contribution in [3.63, 3.8) is 0 Å². The summed E-state index contributed by atoms with van der Waals surface area (Å²) < 4.78 is 0.739. The van der Waals surface area contributed by atoms with Crippen LogP contribution in [-0.2, 0) is 0 Å². The van der Waals surface area contributed by atoms with Gasteiger partial charge in [-0.05, 0) is 53.5 Å². The summed E-state index contributed by atoms with van der Waals surface area (Å²) in [5.41, 5.74) is 2.03. The van der Waals surface area contributed by atoms with Crippen LogP contribution in [0, 0.1) is 0 Å². The van der Waals surface area contributed by atoms with Crippen LogP contribution in [0.2, 0.25) is 5.02 Å². The van der Waals surface area contributed by atoms with Gasteiger partial charge in [-0.1, -0.05) is 23.3 Å². The van der Waals surface area contributed by atoms with Crippen molar-refractivity contribution >= 4 is 33.4 Å². The summed E-state index contributed by atoms with van der Waals surface area (Å²) in [5.74, 6) is -0.0631. The van der Waals surface area contributed by atoms with Gasteiger partial charge in [-0.2, -0.15) is 0 Å². The van der Waals surface area contributed by atoms with Crippen LogP contribution in [-0.4, -0.2) is 25.5 Å². The third kappa shape index (κ3) is 4.34. The van der Waals surface area contributed by atoms with Crippen molar-refractivity contribution in [2.75, 3.05) is 19.6 Å². The Hall–Kier alpha value is -0.840. The molecule has 0 saturated heterocycles. The number of rotatable bonds is 4. The molecular weight excluding hydrogens is 328 g/mol. The first-order valence-electron chi connectivity index (χ1n) is 6.28. The second kappa shape index (κ2) is 7.08. The van der Waals surface area contributed by atoms with E-state index in [1.54, 1.807) is 18.2 Å². The van der Waals surface area contributed by atoms with Gasteiger partial charge < -0.3 is 10.6 Å². The molecule has 0 atom stereocenters. The van der Waals surface area contributed by atoms with Crippen LogP contribution in [0.3, 0.4) is 0 Å². The van der Waals surface area contributed by atoms with Gasteiger partial charge in [0.25, 0.3) is 5.91 Å². The molecule has 1 heterocycles. The number of hydrogen-bond acceptors (Lipinski definition) is 2. The highest BCUT2D eigenvalue weighted by Crippen LogP contribution is 2.23. The van der Waals surface area contributed by atoms with E-state index >= 15 is 0 Å². The first-order valence-corrected chi connectivity index (χ1v) is 7.46.